The first-order chi connectivity index (χ1) is 21.6. The number of carbonyl (C=O) groups is 2. The molecule has 0 fully saturated rings. The van der Waals surface area contributed by atoms with Gasteiger partial charge in [-0.3, -0.25) is 9.59 Å². The maximum atomic E-state index is 12.2. The Balaban J connectivity index is 3.67. The molecule has 0 aromatic heterocycles. The molecular formula is C39H59BrO4. The van der Waals surface area contributed by atoms with Crippen LogP contribution in [0.2, 0.25) is 0 Å². The van der Waals surface area contributed by atoms with Crippen molar-refractivity contribution < 1.29 is 19.1 Å². The van der Waals surface area contributed by atoms with Crippen molar-refractivity contribution in [3.63, 3.8) is 0 Å². The average Bonchev–Trinajstić information content (AvgIpc) is 3.02. The molecule has 0 aliphatic heterocycles. The third kappa shape index (κ3) is 32.6. The summed E-state index contributed by atoms with van der Waals surface area (Å²) in [6, 6.07) is 0. The number of ether oxygens (including phenoxy) is 2. The molecule has 0 saturated heterocycles. The van der Waals surface area contributed by atoms with Gasteiger partial charge in [-0.2, -0.15) is 0 Å². The smallest absolute Gasteiger partial charge is 0.306 e. The minimum atomic E-state index is -0.441. The standard InChI is InChI=1S/C39H59BrO4/c1-3-5-7-9-11-13-15-17-19-21-23-25-27-29-31-33-38(41)43-36-37(35-40)44-39(42)34-32-30-28-26-24-22-20-18-16-14-12-10-8-6-4-2/h37H,3-10,19-36H2,1-2H3. The molecule has 246 valence electrons. The highest BCUT2D eigenvalue weighted by Crippen LogP contribution is 2.12. The maximum Gasteiger partial charge on any atom is 0.306 e. The number of esters is 2. The van der Waals surface area contributed by atoms with Crippen LogP contribution < -0.4 is 0 Å². The Morgan fingerprint density at radius 3 is 1.30 bits per heavy atom. The lowest BCUT2D eigenvalue weighted by atomic mass is 10.1. The van der Waals surface area contributed by atoms with Crippen molar-refractivity contribution in [1.82, 2.24) is 0 Å². The monoisotopic (exact) mass is 670 g/mol. The number of alkyl halides is 1. The van der Waals surface area contributed by atoms with E-state index in [0.717, 1.165) is 103 Å². The SMILES string of the molecule is CCCCCC#CC#CCCCCCCCCC(=O)OCC(CBr)OC(=O)CCCCCCCCC#CC#CCCCCC. The highest BCUT2D eigenvalue weighted by atomic mass is 79.9. The number of hydrogen-bond acceptors (Lipinski definition) is 4. The lowest BCUT2D eigenvalue weighted by Crippen LogP contribution is -2.26. The van der Waals surface area contributed by atoms with Crippen LogP contribution in [-0.2, 0) is 19.1 Å². The van der Waals surface area contributed by atoms with Gasteiger partial charge in [0.1, 0.15) is 12.7 Å². The summed E-state index contributed by atoms with van der Waals surface area (Å²) < 4.78 is 10.9. The quantitative estimate of drug-likeness (QED) is 0.0398. The zero-order valence-electron chi connectivity index (χ0n) is 28.0. The Hall–Kier alpha value is -2.34. The van der Waals surface area contributed by atoms with Crippen molar-refractivity contribution in [2.45, 2.75) is 174 Å². The fourth-order valence-corrected chi connectivity index (χ4v) is 4.67. The Morgan fingerprint density at radius 1 is 0.523 bits per heavy atom. The van der Waals surface area contributed by atoms with E-state index in [0.29, 0.717) is 18.2 Å². The van der Waals surface area contributed by atoms with Gasteiger partial charge in [-0.25, -0.2) is 0 Å². The van der Waals surface area contributed by atoms with Crippen molar-refractivity contribution in [2.75, 3.05) is 11.9 Å². The summed E-state index contributed by atoms with van der Waals surface area (Å²) >= 11 is 3.37. The number of hydrogen-bond donors (Lipinski definition) is 0. The molecule has 0 spiro atoms. The molecule has 0 aliphatic carbocycles. The summed E-state index contributed by atoms with van der Waals surface area (Å²) in [5.74, 6) is 23.8. The van der Waals surface area contributed by atoms with Gasteiger partial charge in [0, 0.05) is 43.9 Å². The summed E-state index contributed by atoms with van der Waals surface area (Å²) in [4.78, 5) is 24.3. The van der Waals surface area contributed by atoms with Crippen molar-refractivity contribution in [2.24, 2.45) is 0 Å². The van der Waals surface area contributed by atoms with E-state index in [1.165, 1.54) is 38.5 Å². The van der Waals surface area contributed by atoms with Crippen LogP contribution >= 0.6 is 15.9 Å². The largest absolute Gasteiger partial charge is 0.462 e. The van der Waals surface area contributed by atoms with Gasteiger partial charge in [-0.15, -0.1) is 0 Å². The van der Waals surface area contributed by atoms with Crippen molar-refractivity contribution >= 4 is 27.9 Å². The zero-order chi connectivity index (χ0) is 32.2. The lowest BCUT2D eigenvalue weighted by Gasteiger charge is -2.15. The van der Waals surface area contributed by atoms with Gasteiger partial charge in [0.2, 0.25) is 0 Å². The first-order valence-corrected chi connectivity index (χ1v) is 18.6. The first-order valence-electron chi connectivity index (χ1n) is 17.5. The number of halogens is 1. The van der Waals surface area contributed by atoms with E-state index >= 15 is 0 Å². The van der Waals surface area contributed by atoms with Crippen LogP contribution in [0.25, 0.3) is 0 Å². The molecule has 1 unspecified atom stereocenters. The lowest BCUT2D eigenvalue weighted by molar-refractivity contribution is -0.157. The average molecular weight is 672 g/mol. The van der Waals surface area contributed by atoms with E-state index in [1.54, 1.807) is 0 Å². The minimum absolute atomic E-state index is 0.104. The highest BCUT2D eigenvalue weighted by molar-refractivity contribution is 9.09. The van der Waals surface area contributed by atoms with Gasteiger partial charge in [0.15, 0.2) is 0 Å². The Labute approximate surface area is 279 Å². The molecule has 0 radical (unpaired) electrons. The molecule has 0 N–H and O–H groups in total. The molecule has 1 atom stereocenters. The Morgan fingerprint density at radius 2 is 0.886 bits per heavy atom. The molecule has 5 heteroatoms. The van der Waals surface area contributed by atoms with Crippen molar-refractivity contribution in [3.05, 3.63) is 0 Å². The van der Waals surface area contributed by atoms with Gasteiger partial charge in [-0.1, -0.05) is 131 Å². The molecule has 0 saturated carbocycles. The van der Waals surface area contributed by atoms with E-state index in [-0.39, 0.29) is 18.5 Å². The normalized spacial score (nSPS) is 10.5. The fraction of sp³-hybridized carbons (Fsp3) is 0.744. The fourth-order valence-electron chi connectivity index (χ4n) is 4.35. The van der Waals surface area contributed by atoms with Crippen LogP contribution in [0.1, 0.15) is 168 Å². The predicted molar refractivity (Wildman–Crippen MR) is 188 cm³/mol. The molecule has 0 rings (SSSR count). The third-order valence-corrected chi connectivity index (χ3v) is 7.78. The van der Waals surface area contributed by atoms with Crippen LogP contribution in [0.4, 0.5) is 0 Å². The van der Waals surface area contributed by atoms with Crippen LogP contribution in [0, 0.1) is 47.4 Å². The number of carbonyl (C=O) groups excluding carboxylic acids is 2. The second kappa shape index (κ2) is 35.1. The van der Waals surface area contributed by atoms with Gasteiger partial charge < -0.3 is 9.47 Å². The van der Waals surface area contributed by atoms with E-state index < -0.39 is 6.10 Å². The summed E-state index contributed by atoms with van der Waals surface area (Å²) in [6.45, 7) is 4.50. The summed E-state index contributed by atoms with van der Waals surface area (Å²) in [6.07, 6.45) is 24.1. The zero-order valence-corrected chi connectivity index (χ0v) is 29.6. The minimum Gasteiger partial charge on any atom is -0.462 e. The summed E-state index contributed by atoms with van der Waals surface area (Å²) in [5.41, 5.74) is 0. The van der Waals surface area contributed by atoms with Crippen LogP contribution in [-0.4, -0.2) is 30.0 Å². The third-order valence-electron chi connectivity index (χ3n) is 7.05. The molecule has 0 amide bonds. The van der Waals surface area contributed by atoms with Crippen LogP contribution in [0.15, 0.2) is 0 Å². The molecule has 0 aromatic rings. The van der Waals surface area contributed by atoms with Gasteiger partial charge in [0.05, 0.1) is 0 Å². The van der Waals surface area contributed by atoms with Gasteiger partial charge in [-0.05, 0) is 62.2 Å². The Bertz CT molecular complexity index is 957. The number of rotatable bonds is 26. The first kappa shape index (κ1) is 41.7. The van der Waals surface area contributed by atoms with Crippen LogP contribution in [0.3, 0.4) is 0 Å². The second-order valence-electron chi connectivity index (χ2n) is 11.3. The predicted octanol–water partition coefficient (Wildman–Crippen LogP) is 10.3. The van der Waals surface area contributed by atoms with E-state index in [4.69, 9.17) is 9.47 Å². The van der Waals surface area contributed by atoms with Crippen LogP contribution in [0.5, 0.6) is 0 Å². The number of unbranched alkanes of at least 4 members (excludes halogenated alkanes) is 18. The molecular weight excluding hydrogens is 612 g/mol. The molecule has 0 heterocycles. The van der Waals surface area contributed by atoms with E-state index in [2.05, 4.69) is 77.1 Å². The van der Waals surface area contributed by atoms with Crippen molar-refractivity contribution in [1.29, 1.82) is 0 Å². The van der Waals surface area contributed by atoms with Gasteiger partial charge >= 0.3 is 11.9 Å². The molecule has 44 heavy (non-hydrogen) atoms. The van der Waals surface area contributed by atoms with E-state index in [9.17, 15) is 9.59 Å². The van der Waals surface area contributed by atoms with Crippen molar-refractivity contribution in [3.8, 4) is 47.4 Å². The second-order valence-corrected chi connectivity index (χ2v) is 12.0. The maximum absolute atomic E-state index is 12.2. The summed E-state index contributed by atoms with van der Waals surface area (Å²) in [7, 11) is 0. The molecule has 4 nitrogen and oxygen atoms in total. The highest BCUT2D eigenvalue weighted by Gasteiger charge is 2.15. The Kier molecular flexibility index (Phi) is 33.3. The van der Waals surface area contributed by atoms with Gasteiger partial charge in [0.25, 0.3) is 0 Å². The molecule has 0 bridgehead atoms. The molecule has 0 aliphatic rings. The van der Waals surface area contributed by atoms with E-state index in [1.807, 2.05) is 0 Å². The summed E-state index contributed by atoms with van der Waals surface area (Å²) in [5, 5.41) is 0.454. The topological polar surface area (TPSA) is 52.6 Å². The molecule has 0 aromatic carbocycles.